The van der Waals surface area contributed by atoms with E-state index in [1.54, 1.807) is 20.4 Å². The molecule has 1 unspecified atom stereocenters. The second-order valence-electron chi connectivity index (χ2n) is 4.40. The number of methoxy groups -OCH3 is 2. The fourth-order valence-corrected chi connectivity index (χ4v) is 2.10. The molecule has 5 heteroatoms. The SMILES string of the molecule is COc1ccc(C(Cc2cccnc2)NN)cc1OC. The predicted molar refractivity (Wildman–Crippen MR) is 77.6 cm³/mol. The van der Waals surface area contributed by atoms with E-state index in [2.05, 4.69) is 10.4 Å². The topological polar surface area (TPSA) is 69.4 Å². The highest BCUT2D eigenvalue weighted by Gasteiger charge is 2.13. The maximum atomic E-state index is 5.67. The molecule has 20 heavy (non-hydrogen) atoms. The van der Waals surface area contributed by atoms with Crippen LogP contribution in [0.3, 0.4) is 0 Å². The van der Waals surface area contributed by atoms with Crippen molar-refractivity contribution in [1.29, 1.82) is 0 Å². The Labute approximate surface area is 118 Å². The van der Waals surface area contributed by atoms with Gasteiger partial charge in [0.25, 0.3) is 0 Å². The summed E-state index contributed by atoms with van der Waals surface area (Å²) >= 11 is 0. The van der Waals surface area contributed by atoms with E-state index < -0.39 is 0 Å². The van der Waals surface area contributed by atoms with Crippen molar-refractivity contribution >= 4 is 0 Å². The molecule has 0 aliphatic carbocycles. The van der Waals surface area contributed by atoms with Crippen molar-refractivity contribution in [2.24, 2.45) is 5.84 Å². The molecule has 0 saturated carbocycles. The highest BCUT2D eigenvalue weighted by atomic mass is 16.5. The smallest absolute Gasteiger partial charge is 0.161 e. The summed E-state index contributed by atoms with van der Waals surface area (Å²) in [5, 5.41) is 0. The zero-order valence-electron chi connectivity index (χ0n) is 11.7. The Morgan fingerprint density at radius 2 is 2.00 bits per heavy atom. The summed E-state index contributed by atoms with van der Waals surface area (Å²) in [5.74, 6) is 7.07. The Hall–Kier alpha value is -2.11. The van der Waals surface area contributed by atoms with Crippen LogP contribution in [0.25, 0.3) is 0 Å². The molecule has 1 atom stereocenters. The van der Waals surface area contributed by atoms with Gasteiger partial charge in [0, 0.05) is 12.4 Å². The summed E-state index contributed by atoms with van der Waals surface area (Å²) < 4.78 is 10.6. The van der Waals surface area contributed by atoms with E-state index in [0.717, 1.165) is 17.5 Å². The number of nitrogens with two attached hydrogens (primary N) is 1. The molecule has 2 aromatic rings. The lowest BCUT2D eigenvalue weighted by atomic mass is 10.00. The van der Waals surface area contributed by atoms with E-state index >= 15 is 0 Å². The first-order chi connectivity index (χ1) is 9.78. The lowest BCUT2D eigenvalue weighted by molar-refractivity contribution is 0.353. The van der Waals surface area contributed by atoms with Crippen LogP contribution in [0, 0.1) is 0 Å². The van der Waals surface area contributed by atoms with Gasteiger partial charge in [0.1, 0.15) is 0 Å². The van der Waals surface area contributed by atoms with Crippen molar-refractivity contribution in [1.82, 2.24) is 10.4 Å². The van der Waals surface area contributed by atoms with E-state index in [0.29, 0.717) is 11.5 Å². The third kappa shape index (κ3) is 3.26. The molecule has 0 spiro atoms. The lowest BCUT2D eigenvalue weighted by Gasteiger charge is -2.18. The van der Waals surface area contributed by atoms with Gasteiger partial charge < -0.3 is 9.47 Å². The molecule has 0 radical (unpaired) electrons. The number of hydrogen-bond acceptors (Lipinski definition) is 5. The fourth-order valence-electron chi connectivity index (χ4n) is 2.10. The summed E-state index contributed by atoms with van der Waals surface area (Å²) in [4.78, 5) is 4.11. The number of benzene rings is 1. The average molecular weight is 273 g/mol. The van der Waals surface area contributed by atoms with Gasteiger partial charge in [-0.25, -0.2) is 0 Å². The minimum absolute atomic E-state index is 0.0148. The Kier molecular flexibility index (Phi) is 4.92. The standard InChI is InChI=1S/C15H19N3O2/c1-19-14-6-5-12(9-15(14)20-2)13(18-16)8-11-4-3-7-17-10-11/h3-7,9-10,13,18H,8,16H2,1-2H3. The van der Waals surface area contributed by atoms with Crippen LogP contribution in [0.4, 0.5) is 0 Å². The zero-order valence-corrected chi connectivity index (χ0v) is 11.7. The fraction of sp³-hybridized carbons (Fsp3) is 0.267. The lowest BCUT2D eigenvalue weighted by Crippen LogP contribution is -2.29. The van der Waals surface area contributed by atoms with Gasteiger partial charge >= 0.3 is 0 Å². The molecule has 3 N–H and O–H groups in total. The maximum Gasteiger partial charge on any atom is 0.161 e. The van der Waals surface area contributed by atoms with E-state index in [-0.39, 0.29) is 6.04 Å². The predicted octanol–water partition coefficient (Wildman–Crippen LogP) is 1.85. The van der Waals surface area contributed by atoms with Gasteiger partial charge in [0.2, 0.25) is 0 Å². The molecule has 0 aliphatic rings. The largest absolute Gasteiger partial charge is 0.493 e. The Morgan fingerprint density at radius 3 is 2.60 bits per heavy atom. The first kappa shape index (κ1) is 14.3. The minimum Gasteiger partial charge on any atom is -0.493 e. The highest BCUT2D eigenvalue weighted by Crippen LogP contribution is 2.30. The van der Waals surface area contributed by atoms with Crippen molar-refractivity contribution in [2.45, 2.75) is 12.5 Å². The van der Waals surface area contributed by atoms with Gasteiger partial charge in [-0.05, 0) is 35.7 Å². The van der Waals surface area contributed by atoms with E-state index in [1.165, 1.54) is 0 Å². The summed E-state index contributed by atoms with van der Waals surface area (Å²) in [5.41, 5.74) is 4.98. The Balaban J connectivity index is 2.23. The number of aromatic nitrogens is 1. The summed E-state index contributed by atoms with van der Waals surface area (Å²) in [6.45, 7) is 0. The molecule has 0 fully saturated rings. The number of nitrogens with zero attached hydrogens (tertiary/aromatic N) is 1. The van der Waals surface area contributed by atoms with Crippen molar-refractivity contribution in [3.63, 3.8) is 0 Å². The molecule has 106 valence electrons. The van der Waals surface area contributed by atoms with Crippen LogP contribution in [0.2, 0.25) is 0 Å². The normalized spacial score (nSPS) is 11.9. The van der Waals surface area contributed by atoms with Crippen molar-refractivity contribution in [2.75, 3.05) is 14.2 Å². The minimum atomic E-state index is -0.0148. The zero-order chi connectivity index (χ0) is 14.4. The van der Waals surface area contributed by atoms with Crippen LogP contribution in [-0.4, -0.2) is 19.2 Å². The van der Waals surface area contributed by atoms with Gasteiger partial charge in [0.15, 0.2) is 11.5 Å². The molecule has 0 aliphatic heterocycles. The van der Waals surface area contributed by atoms with Crippen LogP contribution in [0.15, 0.2) is 42.7 Å². The molecule has 0 amide bonds. The molecule has 0 saturated heterocycles. The summed E-state index contributed by atoms with van der Waals surface area (Å²) in [6.07, 6.45) is 4.34. The van der Waals surface area contributed by atoms with Crippen LogP contribution in [0.5, 0.6) is 11.5 Å². The van der Waals surface area contributed by atoms with Crippen LogP contribution in [0.1, 0.15) is 17.2 Å². The number of hydrogen-bond donors (Lipinski definition) is 2. The quantitative estimate of drug-likeness (QED) is 0.621. The van der Waals surface area contributed by atoms with Crippen molar-refractivity contribution in [3.8, 4) is 11.5 Å². The highest BCUT2D eigenvalue weighted by molar-refractivity contribution is 5.44. The Bertz CT molecular complexity index is 546. The van der Waals surface area contributed by atoms with Gasteiger partial charge in [-0.1, -0.05) is 12.1 Å². The average Bonchev–Trinajstić information content (AvgIpc) is 2.53. The summed E-state index contributed by atoms with van der Waals surface area (Å²) in [7, 11) is 3.24. The second kappa shape index (κ2) is 6.88. The molecular weight excluding hydrogens is 254 g/mol. The van der Waals surface area contributed by atoms with Gasteiger partial charge in [-0.2, -0.15) is 0 Å². The molecule has 1 aromatic carbocycles. The van der Waals surface area contributed by atoms with E-state index in [9.17, 15) is 0 Å². The van der Waals surface area contributed by atoms with Gasteiger partial charge in [-0.3, -0.25) is 16.3 Å². The van der Waals surface area contributed by atoms with Crippen molar-refractivity contribution in [3.05, 3.63) is 53.9 Å². The molecule has 1 aromatic heterocycles. The molecule has 5 nitrogen and oxygen atoms in total. The van der Waals surface area contributed by atoms with Crippen LogP contribution >= 0.6 is 0 Å². The van der Waals surface area contributed by atoms with E-state index in [1.807, 2.05) is 36.5 Å². The van der Waals surface area contributed by atoms with E-state index in [4.69, 9.17) is 15.3 Å². The third-order valence-electron chi connectivity index (χ3n) is 3.17. The number of ether oxygens (including phenoxy) is 2. The molecule has 0 bridgehead atoms. The summed E-state index contributed by atoms with van der Waals surface area (Å²) in [6, 6.07) is 9.71. The Morgan fingerprint density at radius 1 is 1.20 bits per heavy atom. The number of nitrogens with one attached hydrogen (secondary N) is 1. The molecular formula is C15H19N3O2. The number of pyridine rings is 1. The van der Waals surface area contributed by atoms with Gasteiger partial charge in [0.05, 0.1) is 20.3 Å². The van der Waals surface area contributed by atoms with Gasteiger partial charge in [-0.15, -0.1) is 0 Å². The molecule has 1 heterocycles. The monoisotopic (exact) mass is 273 g/mol. The third-order valence-corrected chi connectivity index (χ3v) is 3.17. The first-order valence-corrected chi connectivity index (χ1v) is 6.35. The second-order valence-corrected chi connectivity index (χ2v) is 4.40. The van der Waals surface area contributed by atoms with Crippen LogP contribution < -0.4 is 20.7 Å². The number of rotatable bonds is 6. The van der Waals surface area contributed by atoms with Crippen molar-refractivity contribution < 1.29 is 9.47 Å². The number of hydrazine groups is 1. The molecule has 2 rings (SSSR count). The first-order valence-electron chi connectivity index (χ1n) is 6.35. The maximum absolute atomic E-state index is 5.67. The van der Waals surface area contributed by atoms with Crippen LogP contribution in [-0.2, 0) is 6.42 Å².